The first-order valence-corrected chi connectivity index (χ1v) is 14.0. The minimum atomic E-state index is 0.00371. The van der Waals surface area contributed by atoms with E-state index in [1.54, 1.807) is 0 Å². The van der Waals surface area contributed by atoms with E-state index in [1.165, 1.54) is 41.5 Å². The number of aliphatic imine (C=N–C) groups is 2. The van der Waals surface area contributed by atoms with Crippen LogP contribution in [0, 0.1) is 13.8 Å². The van der Waals surface area contributed by atoms with Crippen LogP contribution in [0.4, 0.5) is 11.4 Å². The standard InChI is InChI=1S/C34H32Cl2N2/c1-24-20-28(14-16-32(24)37-22-26-10-4-6-12-30(26)35)34(18-8-3-9-19-34)29-15-17-33(25(2)21-29)38-23-27-11-5-7-13-31(27)36/h4-7,10-17,20-23H,3,8-9,18-19H2,1-2H3. The fourth-order valence-electron chi connectivity index (χ4n) is 5.53. The second-order valence-corrected chi connectivity index (χ2v) is 11.0. The lowest BCUT2D eigenvalue weighted by Crippen LogP contribution is -2.30. The highest BCUT2D eigenvalue weighted by Crippen LogP contribution is 2.46. The zero-order chi connectivity index (χ0) is 26.5. The Balaban J connectivity index is 1.46. The van der Waals surface area contributed by atoms with E-state index in [-0.39, 0.29) is 5.41 Å². The predicted molar refractivity (Wildman–Crippen MR) is 164 cm³/mol. The quantitative estimate of drug-likeness (QED) is 0.218. The van der Waals surface area contributed by atoms with Crippen LogP contribution < -0.4 is 0 Å². The van der Waals surface area contributed by atoms with Gasteiger partial charge in [-0.05, 0) is 73.2 Å². The second-order valence-electron chi connectivity index (χ2n) is 10.2. The fourth-order valence-corrected chi connectivity index (χ4v) is 5.90. The van der Waals surface area contributed by atoms with E-state index in [4.69, 9.17) is 33.2 Å². The van der Waals surface area contributed by atoms with Crippen molar-refractivity contribution in [2.45, 2.75) is 51.4 Å². The summed E-state index contributed by atoms with van der Waals surface area (Å²) >= 11 is 12.6. The molecular weight excluding hydrogens is 507 g/mol. The van der Waals surface area contributed by atoms with Crippen molar-refractivity contribution in [3.63, 3.8) is 0 Å². The number of hydrogen-bond donors (Lipinski definition) is 0. The number of halogens is 2. The van der Waals surface area contributed by atoms with Crippen LogP contribution in [0.1, 0.15) is 65.5 Å². The van der Waals surface area contributed by atoms with Crippen LogP contribution in [0.3, 0.4) is 0 Å². The third-order valence-corrected chi connectivity index (χ3v) is 8.39. The summed E-state index contributed by atoms with van der Waals surface area (Å²) in [6.45, 7) is 4.30. The Labute approximate surface area is 236 Å². The molecule has 1 saturated carbocycles. The molecule has 4 aromatic rings. The van der Waals surface area contributed by atoms with E-state index in [1.807, 2.05) is 61.0 Å². The van der Waals surface area contributed by atoms with Crippen molar-refractivity contribution in [1.82, 2.24) is 0 Å². The number of aryl methyl sites for hydroxylation is 2. The van der Waals surface area contributed by atoms with Gasteiger partial charge in [0.25, 0.3) is 0 Å². The van der Waals surface area contributed by atoms with E-state index < -0.39 is 0 Å². The summed E-state index contributed by atoms with van der Waals surface area (Å²) < 4.78 is 0. The molecule has 0 bridgehead atoms. The van der Waals surface area contributed by atoms with Crippen molar-refractivity contribution in [1.29, 1.82) is 0 Å². The maximum absolute atomic E-state index is 6.32. The molecule has 0 unspecified atom stereocenters. The average Bonchev–Trinajstić information content (AvgIpc) is 2.93. The zero-order valence-corrected chi connectivity index (χ0v) is 23.4. The van der Waals surface area contributed by atoms with Crippen molar-refractivity contribution >= 4 is 47.0 Å². The van der Waals surface area contributed by atoms with Gasteiger partial charge in [0.05, 0.1) is 11.4 Å². The Morgan fingerprint density at radius 1 is 0.605 bits per heavy atom. The van der Waals surface area contributed by atoms with Gasteiger partial charge in [0.2, 0.25) is 0 Å². The maximum atomic E-state index is 6.32. The Morgan fingerprint density at radius 3 is 1.47 bits per heavy atom. The van der Waals surface area contributed by atoms with Crippen molar-refractivity contribution in [3.05, 3.63) is 128 Å². The molecule has 38 heavy (non-hydrogen) atoms. The Bertz CT molecular complexity index is 1390. The Kier molecular flexibility index (Phi) is 8.12. The molecule has 0 saturated heterocycles. The summed E-state index contributed by atoms with van der Waals surface area (Å²) in [6.07, 6.45) is 9.76. The van der Waals surface area contributed by atoms with Gasteiger partial charge < -0.3 is 0 Å². The van der Waals surface area contributed by atoms with Crippen molar-refractivity contribution in [3.8, 4) is 0 Å². The van der Waals surface area contributed by atoms with E-state index in [2.05, 4.69) is 50.2 Å². The molecule has 4 aromatic carbocycles. The number of nitrogens with zero attached hydrogens (tertiary/aromatic N) is 2. The molecule has 1 fully saturated rings. The van der Waals surface area contributed by atoms with Crippen molar-refractivity contribution in [2.75, 3.05) is 0 Å². The first kappa shape index (κ1) is 26.4. The molecular formula is C34H32Cl2N2. The third kappa shape index (κ3) is 5.62. The average molecular weight is 540 g/mol. The smallest absolute Gasteiger partial charge is 0.0659 e. The topological polar surface area (TPSA) is 24.7 Å². The van der Waals surface area contributed by atoms with Crippen LogP contribution in [-0.4, -0.2) is 12.4 Å². The number of benzene rings is 4. The van der Waals surface area contributed by atoms with Crippen LogP contribution >= 0.6 is 23.2 Å². The molecule has 4 heteroatoms. The molecule has 0 atom stereocenters. The molecule has 1 aliphatic carbocycles. The van der Waals surface area contributed by atoms with Crippen LogP contribution in [0.5, 0.6) is 0 Å². The van der Waals surface area contributed by atoms with Crippen LogP contribution in [0.15, 0.2) is 94.9 Å². The number of hydrogen-bond acceptors (Lipinski definition) is 2. The first-order chi connectivity index (χ1) is 18.5. The minimum absolute atomic E-state index is 0.00371. The van der Waals surface area contributed by atoms with Gasteiger partial charge in [0.15, 0.2) is 0 Å². The Hall–Kier alpha value is -3.20. The molecule has 0 radical (unpaired) electrons. The molecule has 1 aliphatic rings. The van der Waals surface area contributed by atoms with Gasteiger partial charge in [-0.15, -0.1) is 0 Å². The van der Waals surface area contributed by atoms with Gasteiger partial charge >= 0.3 is 0 Å². The highest BCUT2D eigenvalue weighted by molar-refractivity contribution is 6.33. The van der Waals surface area contributed by atoms with Crippen LogP contribution in [0.25, 0.3) is 0 Å². The maximum Gasteiger partial charge on any atom is 0.0659 e. The van der Waals surface area contributed by atoms with Crippen LogP contribution in [0.2, 0.25) is 10.0 Å². The second kappa shape index (κ2) is 11.7. The Morgan fingerprint density at radius 2 is 1.05 bits per heavy atom. The molecule has 0 heterocycles. The third-order valence-electron chi connectivity index (χ3n) is 7.70. The lowest BCUT2D eigenvalue weighted by molar-refractivity contribution is 0.346. The van der Waals surface area contributed by atoms with Gasteiger partial charge in [-0.25, -0.2) is 0 Å². The van der Waals surface area contributed by atoms with E-state index in [9.17, 15) is 0 Å². The molecule has 5 rings (SSSR count). The minimum Gasteiger partial charge on any atom is -0.256 e. The summed E-state index contributed by atoms with van der Waals surface area (Å²) in [4.78, 5) is 9.52. The summed E-state index contributed by atoms with van der Waals surface area (Å²) in [5.74, 6) is 0. The lowest BCUT2D eigenvalue weighted by atomic mass is 9.65. The molecule has 0 amide bonds. The van der Waals surface area contributed by atoms with E-state index in [0.29, 0.717) is 10.0 Å². The van der Waals surface area contributed by atoms with Crippen molar-refractivity contribution in [2.24, 2.45) is 9.98 Å². The van der Waals surface area contributed by atoms with Gasteiger partial charge in [-0.2, -0.15) is 0 Å². The highest BCUT2D eigenvalue weighted by atomic mass is 35.5. The molecule has 192 valence electrons. The van der Waals surface area contributed by atoms with E-state index >= 15 is 0 Å². The van der Waals surface area contributed by atoms with E-state index in [0.717, 1.165) is 35.3 Å². The molecule has 0 N–H and O–H groups in total. The SMILES string of the molecule is Cc1cc(C2(c3ccc(N=Cc4ccccc4Cl)c(C)c3)CCCCC2)ccc1N=Cc1ccccc1Cl. The largest absolute Gasteiger partial charge is 0.256 e. The first-order valence-electron chi connectivity index (χ1n) is 13.3. The summed E-state index contributed by atoms with van der Waals surface area (Å²) in [7, 11) is 0. The summed E-state index contributed by atoms with van der Waals surface area (Å²) in [6, 6.07) is 29.1. The monoisotopic (exact) mass is 538 g/mol. The normalized spacial score (nSPS) is 15.4. The zero-order valence-electron chi connectivity index (χ0n) is 21.9. The van der Waals surface area contributed by atoms with Gasteiger partial charge in [-0.3, -0.25) is 9.98 Å². The molecule has 0 aliphatic heterocycles. The molecule has 2 nitrogen and oxygen atoms in total. The van der Waals surface area contributed by atoms with Crippen molar-refractivity contribution < 1.29 is 0 Å². The lowest BCUT2D eigenvalue weighted by Gasteiger charge is -2.39. The fraction of sp³-hybridized carbons (Fsp3) is 0.235. The summed E-state index contributed by atoms with van der Waals surface area (Å²) in [5, 5.41) is 1.42. The highest BCUT2D eigenvalue weighted by Gasteiger charge is 2.36. The summed E-state index contributed by atoms with van der Waals surface area (Å²) in [5.41, 5.74) is 8.89. The van der Waals surface area contributed by atoms with Crippen LogP contribution in [-0.2, 0) is 5.41 Å². The number of rotatable bonds is 6. The molecule has 0 spiro atoms. The van der Waals surface area contributed by atoms with Gasteiger partial charge in [-0.1, -0.05) is 103 Å². The van der Waals surface area contributed by atoms with Gasteiger partial charge in [0.1, 0.15) is 0 Å². The predicted octanol–water partition coefficient (Wildman–Crippen LogP) is 10.4. The molecule has 0 aromatic heterocycles. The van der Waals surface area contributed by atoms with Gasteiger partial charge in [0, 0.05) is 39.0 Å².